The van der Waals surface area contributed by atoms with Crippen molar-refractivity contribution in [2.24, 2.45) is 0 Å². The van der Waals surface area contributed by atoms with Crippen molar-refractivity contribution in [3.8, 4) is 11.5 Å². The van der Waals surface area contributed by atoms with Gasteiger partial charge in [-0.05, 0) is 35.9 Å². The second-order valence-corrected chi connectivity index (χ2v) is 5.49. The van der Waals surface area contributed by atoms with Crippen LogP contribution < -0.4 is 9.47 Å². The zero-order chi connectivity index (χ0) is 16.9. The minimum absolute atomic E-state index is 0.373. The molecular formula is C18H15ClN2O3. The number of methoxy groups -OCH3 is 1. The van der Waals surface area contributed by atoms with Crippen LogP contribution in [0.15, 0.2) is 60.9 Å². The highest BCUT2D eigenvalue weighted by Crippen LogP contribution is 2.19. The Bertz CT molecular complexity index is 843. The molecule has 0 saturated carbocycles. The van der Waals surface area contributed by atoms with Gasteiger partial charge in [0.2, 0.25) is 0 Å². The van der Waals surface area contributed by atoms with Crippen LogP contribution in [-0.2, 0) is 6.54 Å². The van der Waals surface area contributed by atoms with Gasteiger partial charge in [-0.2, -0.15) is 5.10 Å². The Morgan fingerprint density at radius 1 is 1.12 bits per heavy atom. The fraction of sp³-hybridized carbons (Fsp3) is 0.111. The summed E-state index contributed by atoms with van der Waals surface area (Å²) >= 11 is 6.13. The van der Waals surface area contributed by atoms with E-state index >= 15 is 0 Å². The summed E-state index contributed by atoms with van der Waals surface area (Å²) in [4.78, 5) is 12.2. The van der Waals surface area contributed by atoms with Crippen LogP contribution in [0.25, 0.3) is 0 Å². The van der Waals surface area contributed by atoms with E-state index in [4.69, 9.17) is 21.1 Å². The molecule has 0 bridgehead atoms. The van der Waals surface area contributed by atoms with E-state index in [0.717, 1.165) is 5.56 Å². The quantitative estimate of drug-likeness (QED) is 0.522. The number of carbonyl (C=O) groups is 1. The third-order valence-electron chi connectivity index (χ3n) is 3.43. The topological polar surface area (TPSA) is 53.4 Å². The molecule has 3 aromatic rings. The number of rotatable bonds is 5. The lowest BCUT2D eigenvalue weighted by Gasteiger charge is -2.04. The molecule has 0 unspecified atom stereocenters. The number of benzene rings is 2. The number of hydrogen-bond donors (Lipinski definition) is 0. The van der Waals surface area contributed by atoms with Crippen LogP contribution in [0.5, 0.6) is 11.5 Å². The second-order valence-electron chi connectivity index (χ2n) is 5.08. The van der Waals surface area contributed by atoms with E-state index in [2.05, 4.69) is 5.10 Å². The molecule has 0 saturated heterocycles. The maximum Gasteiger partial charge on any atom is 0.346 e. The average molecular weight is 343 g/mol. The molecular weight excluding hydrogens is 328 g/mol. The van der Waals surface area contributed by atoms with Gasteiger partial charge in [0.05, 0.1) is 25.4 Å². The molecule has 0 radical (unpaired) electrons. The highest BCUT2D eigenvalue weighted by Gasteiger charge is 2.12. The summed E-state index contributed by atoms with van der Waals surface area (Å²) in [5.74, 6) is 0.674. The number of aromatic nitrogens is 2. The van der Waals surface area contributed by atoms with Crippen molar-refractivity contribution in [2.45, 2.75) is 6.54 Å². The van der Waals surface area contributed by atoms with Crippen molar-refractivity contribution in [2.75, 3.05) is 7.11 Å². The first kappa shape index (κ1) is 16.1. The van der Waals surface area contributed by atoms with Crippen molar-refractivity contribution in [1.82, 2.24) is 9.78 Å². The van der Waals surface area contributed by atoms with Gasteiger partial charge in [-0.3, -0.25) is 4.68 Å². The minimum atomic E-state index is -0.467. The predicted molar refractivity (Wildman–Crippen MR) is 90.7 cm³/mol. The van der Waals surface area contributed by atoms with E-state index in [9.17, 15) is 4.79 Å². The number of carbonyl (C=O) groups excluding carboxylic acids is 1. The minimum Gasteiger partial charge on any atom is -0.497 e. The molecule has 6 heteroatoms. The molecule has 1 aromatic heterocycles. The molecule has 24 heavy (non-hydrogen) atoms. The third kappa shape index (κ3) is 3.75. The number of halogens is 1. The van der Waals surface area contributed by atoms with Gasteiger partial charge in [0.1, 0.15) is 11.5 Å². The van der Waals surface area contributed by atoms with Crippen LogP contribution in [-0.4, -0.2) is 22.9 Å². The van der Waals surface area contributed by atoms with Gasteiger partial charge in [0, 0.05) is 11.2 Å². The standard InChI is InChI=1S/C18H15ClN2O3/c1-23-15-6-8-16(9-7-15)24-18(22)14-10-20-21(12-14)11-13-4-2-3-5-17(13)19/h2-10,12H,11H2,1H3. The molecule has 0 aliphatic heterocycles. The summed E-state index contributed by atoms with van der Waals surface area (Å²) < 4.78 is 12.0. The Morgan fingerprint density at radius 2 is 1.83 bits per heavy atom. The maximum absolute atomic E-state index is 12.2. The monoisotopic (exact) mass is 342 g/mol. The van der Waals surface area contributed by atoms with E-state index in [0.29, 0.717) is 28.6 Å². The number of ether oxygens (including phenoxy) is 2. The van der Waals surface area contributed by atoms with E-state index in [1.807, 2.05) is 24.3 Å². The van der Waals surface area contributed by atoms with E-state index < -0.39 is 5.97 Å². The lowest BCUT2D eigenvalue weighted by molar-refractivity contribution is 0.0734. The summed E-state index contributed by atoms with van der Waals surface area (Å²) in [7, 11) is 1.58. The highest BCUT2D eigenvalue weighted by molar-refractivity contribution is 6.31. The van der Waals surface area contributed by atoms with Crippen molar-refractivity contribution in [3.05, 3.63) is 77.1 Å². The molecule has 0 amide bonds. The van der Waals surface area contributed by atoms with Crippen LogP contribution in [0.3, 0.4) is 0 Å². The Labute approximate surface area is 144 Å². The Morgan fingerprint density at radius 3 is 2.54 bits per heavy atom. The summed E-state index contributed by atoms with van der Waals surface area (Å²) in [5, 5.41) is 4.84. The van der Waals surface area contributed by atoms with Crippen molar-refractivity contribution in [3.63, 3.8) is 0 Å². The van der Waals surface area contributed by atoms with E-state index in [1.165, 1.54) is 6.20 Å². The van der Waals surface area contributed by atoms with Crippen LogP contribution >= 0.6 is 11.6 Å². The first-order valence-electron chi connectivity index (χ1n) is 7.28. The molecule has 1 heterocycles. The zero-order valence-corrected chi connectivity index (χ0v) is 13.7. The molecule has 0 atom stereocenters. The van der Waals surface area contributed by atoms with Gasteiger partial charge in [-0.1, -0.05) is 29.8 Å². The predicted octanol–water partition coefficient (Wildman–Crippen LogP) is 3.81. The molecule has 5 nitrogen and oxygen atoms in total. The first-order valence-corrected chi connectivity index (χ1v) is 7.65. The number of nitrogens with zero attached hydrogens (tertiary/aromatic N) is 2. The SMILES string of the molecule is COc1ccc(OC(=O)c2cnn(Cc3ccccc3Cl)c2)cc1. The zero-order valence-electron chi connectivity index (χ0n) is 13.0. The second kappa shape index (κ2) is 7.19. The maximum atomic E-state index is 12.2. The highest BCUT2D eigenvalue weighted by atomic mass is 35.5. The number of esters is 1. The van der Waals surface area contributed by atoms with E-state index in [-0.39, 0.29) is 0 Å². The van der Waals surface area contributed by atoms with E-state index in [1.54, 1.807) is 42.3 Å². The third-order valence-corrected chi connectivity index (χ3v) is 3.80. The van der Waals surface area contributed by atoms with Gasteiger partial charge in [-0.25, -0.2) is 4.79 Å². The molecule has 3 rings (SSSR count). The lowest BCUT2D eigenvalue weighted by Crippen LogP contribution is -2.07. The van der Waals surface area contributed by atoms with Crippen LogP contribution in [0.2, 0.25) is 5.02 Å². The summed E-state index contributed by atoms with van der Waals surface area (Å²) in [6.07, 6.45) is 3.11. The normalized spacial score (nSPS) is 10.4. The van der Waals surface area contributed by atoms with Gasteiger partial charge < -0.3 is 9.47 Å². The molecule has 2 aromatic carbocycles. The fourth-order valence-electron chi connectivity index (χ4n) is 2.17. The largest absolute Gasteiger partial charge is 0.497 e. The average Bonchev–Trinajstić information content (AvgIpc) is 3.06. The summed E-state index contributed by atoms with van der Waals surface area (Å²) in [6, 6.07) is 14.3. The Hall–Kier alpha value is -2.79. The lowest BCUT2D eigenvalue weighted by atomic mass is 10.2. The van der Waals surface area contributed by atoms with Gasteiger partial charge >= 0.3 is 5.97 Å². The molecule has 0 aliphatic carbocycles. The van der Waals surface area contributed by atoms with Gasteiger partial charge in [-0.15, -0.1) is 0 Å². The molecule has 122 valence electrons. The molecule has 0 N–H and O–H groups in total. The van der Waals surface area contributed by atoms with Crippen molar-refractivity contribution in [1.29, 1.82) is 0 Å². The summed E-state index contributed by atoms with van der Waals surface area (Å²) in [5.41, 5.74) is 1.30. The summed E-state index contributed by atoms with van der Waals surface area (Å²) in [6.45, 7) is 0.482. The molecule has 0 spiro atoms. The van der Waals surface area contributed by atoms with Crippen LogP contribution in [0.4, 0.5) is 0 Å². The fourth-order valence-corrected chi connectivity index (χ4v) is 2.36. The smallest absolute Gasteiger partial charge is 0.346 e. The van der Waals surface area contributed by atoms with Crippen molar-refractivity contribution >= 4 is 17.6 Å². The van der Waals surface area contributed by atoms with Gasteiger partial charge in [0.15, 0.2) is 0 Å². The Balaban J connectivity index is 1.68. The van der Waals surface area contributed by atoms with Crippen LogP contribution in [0.1, 0.15) is 15.9 Å². The van der Waals surface area contributed by atoms with Crippen LogP contribution in [0, 0.1) is 0 Å². The molecule has 0 fully saturated rings. The first-order chi connectivity index (χ1) is 11.7. The Kier molecular flexibility index (Phi) is 4.82. The molecule has 0 aliphatic rings. The van der Waals surface area contributed by atoms with Gasteiger partial charge in [0.25, 0.3) is 0 Å². The number of hydrogen-bond acceptors (Lipinski definition) is 4. The van der Waals surface area contributed by atoms with Crippen molar-refractivity contribution < 1.29 is 14.3 Å².